The van der Waals surface area contributed by atoms with Crippen LogP contribution in [-0.2, 0) is 4.79 Å². The first-order valence-electron chi connectivity index (χ1n) is 2.84. The Morgan fingerprint density at radius 3 is 2.88 bits per heavy atom. The highest BCUT2D eigenvalue weighted by atomic mass is 31.0. The minimum atomic E-state index is 0.170. The van der Waals surface area contributed by atoms with Crippen molar-refractivity contribution in [1.82, 2.24) is 5.32 Å². The molecule has 1 amide bonds. The molecule has 2 atom stereocenters. The number of amides is 1. The van der Waals surface area contributed by atoms with Gasteiger partial charge in [0.05, 0.1) is 5.66 Å². The molecular formula is C5H10NOP. The van der Waals surface area contributed by atoms with E-state index in [0.717, 1.165) is 19.4 Å². The highest BCUT2D eigenvalue weighted by molar-refractivity contribution is 7.19. The van der Waals surface area contributed by atoms with Gasteiger partial charge in [0.25, 0.3) is 0 Å². The lowest BCUT2D eigenvalue weighted by Gasteiger charge is -2.16. The Bertz CT molecular complexity index is 105. The van der Waals surface area contributed by atoms with Gasteiger partial charge in [0.2, 0.25) is 5.91 Å². The first kappa shape index (κ1) is 6.03. The van der Waals surface area contributed by atoms with Gasteiger partial charge in [-0.05, 0) is 12.8 Å². The van der Waals surface area contributed by atoms with E-state index >= 15 is 0 Å². The van der Waals surface area contributed by atoms with Crippen molar-refractivity contribution in [3.05, 3.63) is 0 Å². The van der Waals surface area contributed by atoms with Gasteiger partial charge in [-0.15, -0.1) is 9.24 Å². The van der Waals surface area contributed by atoms with E-state index < -0.39 is 0 Å². The third-order valence-electron chi connectivity index (χ3n) is 1.33. The molecule has 1 N–H and O–H groups in total. The van der Waals surface area contributed by atoms with Crippen LogP contribution in [0, 0.1) is 0 Å². The number of carbonyl (C=O) groups excluding carboxylic acids is 1. The third-order valence-corrected chi connectivity index (χ3v) is 1.96. The second-order valence-electron chi connectivity index (χ2n) is 2.04. The van der Waals surface area contributed by atoms with E-state index in [4.69, 9.17) is 0 Å². The monoisotopic (exact) mass is 131 g/mol. The molecule has 0 saturated carbocycles. The maximum Gasteiger partial charge on any atom is 0.226 e. The highest BCUT2D eigenvalue weighted by Crippen LogP contribution is 2.11. The SMILES string of the molecule is O=C1NCCCC1P. The van der Waals surface area contributed by atoms with Gasteiger partial charge >= 0.3 is 0 Å². The lowest BCUT2D eigenvalue weighted by atomic mass is 10.1. The molecule has 2 nitrogen and oxygen atoms in total. The normalized spacial score (nSPS) is 29.6. The van der Waals surface area contributed by atoms with Crippen LogP contribution >= 0.6 is 9.24 Å². The molecule has 0 spiro atoms. The van der Waals surface area contributed by atoms with Crippen molar-refractivity contribution >= 4 is 15.1 Å². The fourth-order valence-corrected chi connectivity index (χ4v) is 1.15. The summed E-state index contributed by atoms with van der Waals surface area (Å²) in [6.45, 7) is 0.865. The molecule has 0 aromatic heterocycles. The van der Waals surface area contributed by atoms with Crippen LogP contribution in [0.2, 0.25) is 0 Å². The fraction of sp³-hybridized carbons (Fsp3) is 0.800. The van der Waals surface area contributed by atoms with Gasteiger partial charge in [-0.3, -0.25) is 4.79 Å². The summed E-state index contributed by atoms with van der Waals surface area (Å²) in [7, 11) is 2.53. The summed E-state index contributed by atoms with van der Waals surface area (Å²) in [5.74, 6) is 0.182. The van der Waals surface area contributed by atoms with E-state index in [1.807, 2.05) is 0 Å². The zero-order chi connectivity index (χ0) is 5.98. The molecule has 1 heterocycles. The second-order valence-corrected chi connectivity index (χ2v) is 2.84. The van der Waals surface area contributed by atoms with Gasteiger partial charge in [-0.2, -0.15) is 0 Å². The van der Waals surface area contributed by atoms with Crippen molar-refractivity contribution in [2.45, 2.75) is 18.5 Å². The molecular weight excluding hydrogens is 121 g/mol. The largest absolute Gasteiger partial charge is 0.356 e. The Kier molecular flexibility index (Phi) is 1.85. The third kappa shape index (κ3) is 1.19. The Morgan fingerprint density at radius 2 is 2.50 bits per heavy atom. The topological polar surface area (TPSA) is 29.1 Å². The van der Waals surface area contributed by atoms with E-state index in [1.165, 1.54) is 0 Å². The molecule has 2 unspecified atom stereocenters. The summed E-state index contributed by atoms with van der Waals surface area (Å²) in [5, 5.41) is 2.77. The minimum Gasteiger partial charge on any atom is -0.356 e. The first-order chi connectivity index (χ1) is 3.80. The zero-order valence-electron chi connectivity index (χ0n) is 4.68. The number of carbonyl (C=O) groups is 1. The number of piperidine rings is 1. The second kappa shape index (κ2) is 2.45. The number of hydrogen-bond donors (Lipinski definition) is 1. The average molecular weight is 131 g/mol. The lowest BCUT2D eigenvalue weighted by Crippen LogP contribution is -2.36. The Labute approximate surface area is 51.2 Å². The van der Waals surface area contributed by atoms with Gasteiger partial charge in [0.1, 0.15) is 0 Å². The summed E-state index contributed by atoms with van der Waals surface area (Å²) in [6, 6.07) is 0. The first-order valence-corrected chi connectivity index (χ1v) is 3.50. The molecule has 1 saturated heterocycles. The van der Waals surface area contributed by atoms with Crippen molar-refractivity contribution < 1.29 is 4.79 Å². The highest BCUT2D eigenvalue weighted by Gasteiger charge is 2.15. The van der Waals surface area contributed by atoms with E-state index in [0.29, 0.717) is 0 Å². The summed E-state index contributed by atoms with van der Waals surface area (Å²) >= 11 is 0. The summed E-state index contributed by atoms with van der Waals surface area (Å²) in [5.41, 5.74) is 0.170. The molecule has 0 aliphatic carbocycles. The van der Waals surface area contributed by atoms with Crippen LogP contribution in [0.5, 0.6) is 0 Å². The minimum absolute atomic E-state index is 0.170. The molecule has 0 aromatic rings. The van der Waals surface area contributed by atoms with Gasteiger partial charge in [-0.25, -0.2) is 0 Å². The van der Waals surface area contributed by atoms with Gasteiger partial charge in [0.15, 0.2) is 0 Å². The predicted molar refractivity (Wildman–Crippen MR) is 35.7 cm³/mol. The van der Waals surface area contributed by atoms with E-state index in [2.05, 4.69) is 14.6 Å². The van der Waals surface area contributed by atoms with Crippen LogP contribution < -0.4 is 5.32 Å². The molecule has 1 rings (SSSR count). The fourth-order valence-electron chi connectivity index (χ4n) is 0.796. The Balaban J connectivity index is 2.39. The molecule has 8 heavy (non-hydrogen) atoms. The number of rotatable bonds is 0. The quantitative estimate of drug-likeness (QED) is 0.465. The number of hydrogen-bond acceptors (Lipinski definition) is 1. The van der Waals surface area contributed by atoms with Crippen molar-refractivity contribution in [1.29, 1.82) is 0 Å². The molecule has 1 aliphatic heterocycles. The summed E-state index contributed by atoms with van der Waals surface area (Å²) in [4.78, 5) is 10.7. The molecule has 46 valence electrons. The van der Waals surface area contributed by atoms with Crippen LogP contribution in [0.4, 0.5) is 0 Å². The van der Waals surface area contributed by atoms with Crippen molar-refractivity contribution in [2.24, 2.45) is 0 Å². The Hall–Kier alpha value is -0.100. The standard InChI is InChI=1S/C5H10NOP/c7-5-4(8)2-1-3-6-5/h4H,1-3,8H2,(H,6,7). The zero-order valence-corrected chi connectivity index (χ0v) is 5.84. The maximum atomic E-state index is 10.7. The molecule has 3 heteroatoms. The molecule has 1 aliphatic rings. The predicted octanol–water partition coefficient (Wildman–Crippen LogP) is 0.140. The number of nitrogens with one attached hydrogen (secondary N) is 1. The maximum absolute atomic E-state index is 10.7. The van der Waals surface area contributed by atoms with Crippen molar-refractivity contribution in [2.75, 3.05) is 6.54 Å². The van der Waals surface area contributed by atoms with Crippen molar-refractivity contribution in [3.63, 3.8) is 0 Å². The molecule has 0 radical (unpaired) electrons. The molecule has 0 aromatic carbocycles. The average Bonchev–Trinajstić information content (AvgIpc) is 1.77. The van der Waals surface area contributed by atoms with Crippen LogP contribution in [0.1, 0.15) is 12.8 Å². The van der Waals surface area contributed by atoms with Gasteiger partial charge in [0, 0.05) is 6.54 Å². The van der Waals surface area contributed by atoms with Crippen LogP contribution in [0.15, 0.2) is 0 Å². The van der Waals surface area contributed by atoms with E-state index in [-0.39, 0.29) is 11.6 Å². The van der Waals surface area contributed by atoms with Gasteiger partial charge in [-0.1, -0.05) is 0 Å². The smallest absolute Gasteiger partial charge is 0.226 e. The Morgan fingerprint density at radius 1 is 1.75 bits per heavy atom. The summed E-state index contributed by atoms with van der Waals surface area (Å²) in [6.07, 6.45) is 2.15. The van der Waals surface area contributed by atoms with E-state index in [1.54, 1.807) is 0 Å². The molecule has 0 bridgehead atoms. The van der Waals surface area contributed by atoms with Crippen molar-refractivity contribution in [3.8, 4) is 0 Å². The van der Waals surface area contributed by atoms with Gasteiger partial charge < -0.3 is 5.32 Å². The van der Waals surface area contributed by atoms with Crippen LogP contribution in [0.3, 0.4) is 0 Å². The van der Waals surface area contributed by atoms with E-state index in [9.17, 15) is 4.79 Å². The summed E-state index contributed by atoms with van der Waals surface area (Å²) < 4.78 is 0. The van der Waals surface area contributed by atoms with Crippen LogP contribution in [0.25, 0.3) is 0 Å². The van der Waals surface area contributed by atoms with Crippen LogP contribution in [-0.4, -0.2) is 18.1 Å². The lowest BCUT2D eigenvalue weighted by molar-refractivity contribution is -0.121. The molecule has 1 fully saturated rings.